The lowest BCUT2D eigenvalue weighted by Crippen LogP contribution is -2.31. The van der Waals surface area contributed by atoms with Crippen molar-refractivity contribution in [1.82, 2.24) is 9.88 Å². The first kappa shape index (κ1) is 22.6. The highest BCUT2D eigenvalue weighted by molar-refractivity contribution is 9.10. The number of likely N-dealkylation sites (tertiary alicyclic amines) is 1. The number of para-hydroxylation sites is 1. The van der Waals surface area contributed by atoms with Crippen LogP contribution in [0.1, 0.15) is 22.7 Å². The highest BCUT2D eigenvalue weighted by atomic mass is 79.9. The number of aromatic amines is 1. The van der Waals surface area contributed by atoms with Gasteiger partial charge in [-0.3, -0.25) is 9.59 Å². The molecular weight excluding hydrogens is 560 g/mol. The first-order valence-corrected chi connectivity index (χ1v) is 12.4. The van der Waals surface area contributed by atoms with Crippen molar-refractivity contribution in [3.63, 3.8) is 0 Å². The number of amides is 1. The Morgan fingerprint density at radius 3 is 2.47 bits per heavy atom. The summed E-state index contributed by atoms with van der Waals surface area (Å²) in [7, 11) is 0. The number of halogens is 2. The van der Waals surface area contributed by atoms with Crippen LogP contribution >= 0.6 is 31.9 Å². The molecule has 1 atom stereocenters. The zero-order valence-electron chi connectivity index (χ0n) is 18.0. The van der Waals surface area contributed by atoms with Gasteiger partial charge in [-0.15, -0.1) is 0 Å². The summed E-state index contributed by atoms with van der Waals surface area (Å²) in [6, 6.07) is 21.8. The Kier molecular flexibility index (Phi) is 6.15. The van der Waals surface area contributed by atoms with Gasteiger partial charge in [0.1, 0.15) is 5.76 Å². The lowest BCUT2D eigenvalue weighted by atomic mass is 9.95. The van der Waals surface area contributed by atoms with Gasteiger partial charge in [0.05, 0.1) is 11.6 Å². The summed E-state index contributed by atoms with van der Waals surface area (Å²) in [5.41, 5.74) is 3.44. The number of rotatable bonds is 5. The predicted octanol–water partition coefficient (Wildman–Crippen LogP) is 6.36. The van der Waals surface area contributed by atoms with Crippen molar-refractivity contribution in [3.8, 4) is 0 Å². The smallest absolute Gasteiger partial charge is 0.295 e. The van der Waals surface area contributed by atoms with E-state index in [-0.39, 0.29) is 11.3 Å². The summed E-state index contributed by atoms with van der Waals surface area (Å²) >= 11 is 6.88. The van der Waals surface area contributed by atoms with Gasteiger partial charge in [0, 0.05) is 38.2 Å². The van der Waals surface area contributed by atoms with Gasteiger partial charge in [0.25, 0.3) is 11.7 Å². The lowest BCUT2D eigenvalue weighted by molar-refractivity contribution is -0.139. The van der Waals surface area contributed by atoms with Crippen LogP contribution in [-0.4, -0.2) is 33.2 Å². The number of benzene rings is 3. The summed E-state index contributed by atoms with van der Waals surface area (Å²) in [5.74, 6) is -1.46. The van der Waals surface area contributed by atoms with Crippen molar-refractivity contribution in [1.29, 1.82) is 0 Å². The van der Waals surface area contributed by atoms with Crippen molar-refractivity contribution < 1.29 is 14.7 Å². The number of aliphatic hydroxyl groups excluding tert-OH is 1. The van der Waals surface area contributed by atoms with Gasteiger partial charge in [-0.05, 0) is 47.9 Å². The minimum Gasteiger partial charge on any atom is -0.507 e. The second-order valence-electron chi connectivity index (χ2n) is 8.16. The van der Waals surface area contributed by atoms with E-state index in [2.05, 4.69) is 36.8 Å². The van der Waals surface area contributed by atoms with Crippen LogP contribution in [0.15, 0.2) is 93.5 Å². The molecule has 0 spiro atoms. The molecule has 2 heterocycles. The molecule has 1 saturated heterocycles. The second kappa shape index (κ2) is 9.24. The molecular formula is C27H20Br2N2O3. The Bertz CT molecular complexity index is 1440. The second-order valence-corrected chi connectivity index (χ2v) is 10.00. The van der Waals surface area contributed by atoms with Gasteiger partial charge in [-0.1, -0.05) is 74.3 Å². The SMILES string of the molecule is O=C1C(=O)N(CCc2c[nH]c3ccccc23)[C@H](c2cccc(Br)c2)C1=C(O)c1ccc(Br)cc1. The minimum atomic E-state index is -0.689. The molecule has 0 radical (unpaired) electrons. The van der Waals surface area contributed by atoms with Crippen LogP contribution in [0.25, 0.3) is 16.7 Å². The third-order valence-electron chi connectivity index (χ3n) is 6.12. The van der Waals surface area contributed by atoms with Crippen molar-refractivity contribution >= 4 is 60.2 Å². The van der Waals surface area contributed by atoms with Crippen LogP contribution in [0.4, 0.5) is 0 Å². The third-order valence-corrected chi connectivity index (χ3v) is 7.14. The predicted molar refractivity (Wildman–Crippen MR) is 139 cm³/mol. The summed E-state index contributed by atoms with van der Waals surface area (Å²) in [6.45, 7) is 0.334. The van der Waals surface area contributed by atoms with E-state index in [9.17, 15) is 14.7 Å². The molecule has 1 fully saturated rings. The quantitative estimate of drug-likeness (QED) is 0.164. The molecule has 1 aliphatic rings. The highest BCUT2D eigenvalue weighted by Gasteiger charge is 2.45. The molecule has 0 saturated carbocycles. The number of H-pyrrole nitrogens is 1. The van der Waals surface area contributed by atoms with Crippen LogP contribution in [-0.2, 0) is 16.0 Å². The van der Waals surface area contributed by atoms with E-state index in [0.717, 1.165) is 31.0 Å². The molecule has 1 aliphatic heterocycles. The maximum atomic E-state index is 13.2. The van der Waals surface area contributed by atoms with Crippen molar-refractivity contribution in [2.45, 2.75) is 12.5 Å². The van der Waals surface area contributed by atoms with Gasteiger partial charge in [-0.2, -0.15) is 0 Å². The number of ketones is 1. The Morgan fingerprint density at radius 2 is 1.71 bits per heavy atom. The average Bonchev–Trinajstić information content (AvgIpc) is 3.36. The van der Waals surface area contributed by atoms with Gasteiger partial charge < -0.3 is 15.0 Å². The van der Waals surface area contributed by atoms with Crippen molar-refractivity contribution in [2.24, 2.45) is 0 Å². The zero-order valence-corrected chi connectivity index (χ0v) is 21.1. The molecule has 1 amide bonds. The molecule has 0 unspecified atom stereocenters. The van der Waals surface area contributed by atoms with Gasteiger partial charge in [0.2, 0.25) is 0 Å². The standard InChI is InChI=1S/C27H20Br2N2O3/c28-19-10-8-16(9-11-19)25(32)23-24(17-4-3-5-20(29)14-17)31(27(34)26(23)33)13-12-18-15-30-22-7-2-1-6-21(18)22/h1-11,14-15,24,30,32H,12-13H2/t24-/m1/s1. The summed E-state index contributed by atoms with van der Waals surface area (Å²) in [6.07, 6.45) is 2.51. The van der Waals surface area contributed by atoms with Crippen molar-refractivity contribution in [3.05, 3.63) is 110 Å². The zero-order chi connectivity index (χ0) is 23.8. The Hall–Kier alpha value is -3.16. The maximum Gasteiger partial charge on any atom is 0.295 e. The number of hydrogen-bond acceptors (Lipinski definition) is 3. The van der Waals surface area contributed by atoms with E-state index in [1.807, 2.05) is 54.7 Å². The Balaban J connectivity index is 1.57. The van der Waals surface area contributed by atoms with E-state index in [1.165, 1.54) is 0 Å². The fraction of sp³-hybridized carbons (Fsp3) is 0.111. The molecule has 3 aromatic carbocycles. The van der Waals surface area contributed by atoms with E-state index < -0.39 is 17.7 Å². The van der Waals surface area contributed by atoms with Crippen LogP contribution < -0.4 is 0 Å². The van der Waals surface area contributed by atoms with E-state index in [0.29, 0.717) is 18.5 Å². The van der Waals surface area contributed by atoms with E-state index >= 15 is 0 Å². The molecule has 1 aromatic heterocycles. The van der Waals surface area contributed by atoms with Crippen molar-refractivity contribution in [2.75, 3.05) is 6.54 Å². The number of aliphatic hydroxyl groups is 1. The molecule has 7 heteroatoms. The Morgan fingerprint density at radius 1 is 0.941 bits per heavy atom. The number of nitrogens with zero attached hydrogens (tertiary/aromatic N) is 1. The summed E-state index contributed by atoms with van der Waals surface area (Å²) < 4.78 is 1.68. The fourth-order valence-corrected chi connectivity index (χ4v) is 5.16. The summed E-state index contributed by atoms with van der Waals surface area (Å²) in [4.78, 5) is 31.2. The van der Waals surface area contributed by atoms with E-state index in [1.54, 1.807) is 29.2 Å². The minimum absolute atomic E-state index is 0.101. The summed E-state index contributed by atoms with van der Waals surface area (Å²) in [5, 5.41) is 12.3. The number of Topliss-reactive ketones (excluding diaryl/α,β-unsaturated/α-hetero) is 1. The number of nitrogens with one attached hydrogen (secondary N) is 1. The van der Waals surface area contributed by atoms with Crippen LogP contribution in [0.2, 0.25) is 0 Å². The maximum absolute atomic E-state index is 13.2. The monoisotopic (exact) mass is 578 g/mol. The number of fused-ring (bicyclic) bond motifs is 1. The van der Waals surface area contributed by atoms with Gasteiger partial charge >= 0.3 is 0 Å². The highest BCUT2D eigenvalue weighted by Crippen LogP contribution is 2.40. The van der Waals surface area contributed by atoms with Crippen LogP contribution in [0, 0.1) is 0 Å². The number of aromatic nitrogens is 1. The normalized spacial score (nSPS) is 17.6. The molecule has 5 nitrogen and oxygen atoms in total. The first-order valence-electron chi connectivity index (χ1n) is 10.8. The molecule has 34 heavy (non-hydrogen) atoms. The largest absolute Gasteiger partial charge is 0.507 e. The molecule has 0 aliphatic carbocycles. The molecule has 2 N–H and O–H groups in total. The van der Waals surface area contributed by atoms with Crippen LogP contribution in [0.3, 0.4) is 0 Å². The number of hydrogen-bond donors (Lipinski definition) is 2. The number of carbonyl (C=O) groups excluding carboxylic acids is 2. The fourth-order valence-electron chi connectivity index (χ4n) is 4.48. The van der Waals surface area contributed by atoms with Crippen LogP contribution in [0.5, 0.6) is 0 Å². The molecule has 5 rings (SSSR count). The van der Waals surface area contributed by atoms with E-state index in [4.69, 9.17) is 0 Å². The number of carbonyl (C=O) groups is 2. The van der Waals surface area contributed by atoms with Gasteiger partial charge in [-0.25, -0.2) is 0 Å². The van der Waals surface area contributed by atoms with Gasteiger partial charge in [0.15, 0.2) is 0 Å². The molecule has 0 bridgehead atoms. The first-order chi connectivity index (χ1) is 16.4. The topological polar surface area (TPSA) is 73.4 Å². The Labute approximate surface area is 213 Å². The molecule has 4 aromatic rings. The average molecular weight is 580 g/mol. The lowest BCUT2D eigenvalue weighted by Gasteiger charge is -2.25. The third kappa shape index (κ3) is 4.10. The molecule has 170 valence electrons.